The number of ether oxygens (including phenoxy) is 4. The van der Waals surface area contributed by atoms with Gasteiger partial charge in [-0.25, -0.2) is 8.78 Å². The van der Waals surface area contributed by atoms with Crippen LogP contribution >= 0.6 is 0 Å². The number of methoxy groups -OCH3 is 2. The van der Waals surface area contributed by atoms with Crippen LogP contribution in [0.5, 0.6) is 28.7 Å². The number of amides is 1. The van der Waals surface area contributed by atoms with E-state index in [0.717, 1.165) is 12.1 Å². The molecular formula is C31H35F2N3O6Si. The number of hydrogen-bond acceptors (Lipinski definition) is 8. The summed E-state index contributed by atoms with van der Waals surface area (Å²) in [4.78, 5) is 20.5. The van der Waals surface area contributed by atoms with Crippen LogP contribution in [0.4, 0.5) is 8.78 Å². The molecule has 43 heavy (non-hydrogen) atoms. The predicted octanol–water partition coefficient (Wildman–Crippen LogP) is 6.88. The van der Waals surface area contributed by atoms with Crippen molar-refractivity contribution in [3.05, 3.63) is 66.0 Å². The van der Waals surface area contributed by atoms with Crippen LogP contribution in [0.25, 0.3) is 22.2 Å². The number of pyridine rings is 2. The highest BCUT2D eigenvalue weighted by Crippen LogP contribution is 2.40. The van der Waals surface area contributed by atoms with Crippen molar-refractivity contribution in [2.75, 3.05) is 27.4 Å². The summed E-state index contributed by atoms with van der Waals surface area (Å²) >= 11 is 0. The number of rotatable bonds is 11. The van der Waals surface area contributed by atoms with Gasteiger partial charge in [-0.2, -0.15) is 0 Å². The fraction of sp³-hybridized carbons (Fsp3) is 0.323. The molecule has 9 nitrogen and oxygen atoms in total. The van der Waals surface area contributed by atoms with Gasteiger partial charge in [-0.3, -0.25) is 14.8 Å². The summed E-state index contributed by atoms with van der Waals surface area (Å²) in [7, 11) is 0.896. The average molecular weight is 612 g/mol. The van der Waals surface area contributed by atoms with E-state index in [0.29, 0.717) is 29.0 Å². The Kier molecular flexibility index (Phi) is 9.21. The molecule has 0 unspecified atom stereocenters. The minimum atomic E-state index is -1.96. The van der Waals surface area contributed by atoms with E-state index in [1.165, 1.54) is 38.7 Å². The Balaban J connectivity index is 1.65. The Bertz CT molecular complexity index is 1640. The summed E-state index contributed by atoms with van der Waals surface area (Å²) in [5.74, 6) is -2.46. The summed E-state index contributed by atoms with van der Waals surface area (Å²) in [6.45, 7) is 11.5. The van der Waals surface area contributed by atoms with Crippen LogP contribution in [0.3, 0.4) is 0 Å². The molecule has 1 amide bonds. The lowest BCUT2D eigenvalue weighted by Gasteiger charge is -2.36. The first-order valence-corrected chi connectivity index (χ1v) is 16.4. The fourth-order valence-corrected chi connectivity index (χ4v) is 5.16. The quantitative estimate of drug-likeness (QED) is 0.144. The molecule has 0 aliphatic rings. The zero-order chi connectivity index (χ0) is 31.5. The molecule has 0 saturated heterocycles. The maximum absolute atomic E-state index is 15.4. The largest absolute Gasteiger partial charge is 0.496 e. The third-order valence-corrected chi connectivity index (χ3v) is 12.0. The molecule has 0 aliphatic heterocycles. The third kappa shape index (κ3) is 6.70. The van der Waals surface area contributed by atoms with Crippen LogP contribution in [0.15, 0.2) is 48.8 Å². The van der Waals surface area contributed by atoms with Gasteiger partial charge in [-0.1, -0.05) is 20.8 Å². The van der Waals surface area contributed by atoms with Gasteiger partial charge >= 0.3 is 0 Å². The molecule has 4 aromatic rings. The highest BCUT2D eigenvalue weighted by Gasteiger charge is 2.37. The maximum atomic E-state index is 15.4. The Hall–Kier alpha value is -4.29. The van der Waals surface area contributed by atoms with E-state index < -0.39 is 31.6 Å². The molecule has 0 bridgehead atoms. The Morgan fingerprint density at radius 3 is 2.12 bits per heavy atom. The van der Waals surface area contributed by atoms with Gasteiger partial charge in [0.1, 0.15) is 23.7 Å². The van der Waals surface area contributed by atoms with Crippen LogP contribution in [0.2, 0.25) is 18.1 Å². The van der Waals surface area contributed by atoms with Crippen LogP contribution in [0, 0.1) is 11.6 Å². The first kappa shape index (κ1) is 31.6. The second-order valence-electron chi connectivity index (χ2n) is 11.3. The minimum absolute atomic E-state index is 0.0185. The molecule has 4 rings (SSSR count). The number of primary amides is 1. The van der Waals surface area contributed by atoms with Gasteiger partial charge in [0.05, 0.1) is 32.0 Å². The zero-order valence-corrected chi connectivity index (χ0v) is 26.2. The topological polar surface area (TPSA) is 115 Å². The Labute approximate surface area is 250 Å². The van der Waals surface area contributed by atoms with E-state index >= 15 is 8.78 Å². The van der Waals surface area contributed by atoms with E-state index in [-0.39, 0.29) is 40.0 Å². The summed E-state index contributed by atoms with van der Waals surface area (Å²) < 4.78 is 59.4. The summed E-state index contributed by atoms with van der Waals surface area (Å²) in [6.07, 6.45) is 2.80. The van der Waals surface area contributed by atoms with Crippen LogP contribution < -0.4 is 24.7 Å². The molecule has 0 atom stereocenters. The number of nitrogens with zero attached hydrogens (tertiary/aromatic N) is 2. The summed E-state index contributed by atoms with van der Waals surface area (Å²) in [6, 6.07) is 8.23. The van der Waals surface area contributed by atoms with Gasteiger partial charge in [0, 0.05) is 29.4 Å². The lowest BCUT2D eigenvalue weighted by atomic mass is 10.0. The van der Waals surface area contributed by atoms with Gasteiger partial charge in [0.15, 0.2) is 37.2 Å². The minimum Gasteiger partial charge on any atom is -0.496 e. The number of carbonyl (C=O) groups is 1. The van der Waals surface area contributed by atoms with Gasteiger partial charge in [-0.15, -0.1) is 0 Å². The number of aromatic nitrogens is 2. The molecule has 2 N–H and O–H groups in total. The van der Waals surface area contributed by atoms with Gasteiger partial charge in [0.2, 0.25) is 0 Å². The monoisotopic (exact) mass is 611 g/mol. The van der Waals surface area contributed by atoms with Crippen molar-refractivity contribution in [3.8, 4) is 40.0 Å². The number of carbonyl (C=O) groups excluding carboxylic acids is 1. The zero-order valence-electron chi connectivity index (χ0n) is 25.2. The van der Waals surface area contributed by atoms with Crippen molar-refractivity contribution in [3.63, 3.8) is 0 Å². The molecule has 2 aromatic carbocycles. The maximum Gasteiger partial charge on any atom is 0.254 e. The van der Waals surface area contributed by atoms with E-state index in [1.54, 1.807) is 12.1 Å². The van der Waals surface area contributed by atoms with E-state index in [4.69, 9.17) is 29.1 Å². The van der Waals surface area contributed by atoms with E-state index in [9.17, 15) is 4.79 Å². The molecule has 0 fully saturated rings. The summed E-state index contributed by atoms with van der Waals surface area (Å²) in [5.41, 5.74) is 5.80. The highest BCUT2D eigenvalue weighted by atomic mass is 28.4. The number of fused-ring (bicyclic) bond motifs is 1. The van der Waals surface area contributed by atoms with Crippen LogP contribution in [-0.4, -0.2) is 51.6 Å². The predicted molar refractivity (Wildman–Crippen MR) is 162 cm³/mol. The van der Waals surface area contributed by atoms with E-state index in [1.807, 2.05) is 0 Å². The molecule has 12 heteroatoms. The van der Waals surface area contributed by atoms with Crippen molar-refractivity contribution in [2.45, 2.75) is 38.9 Å². The van der Waals surface area contributed by atoms with Crippen LogP contribution in [-0.2, 0) is 4.43 Å². The molecule has 2 aromatic heterocycles. The third-order valence-electron chi connectivity index (χ3n) is 7.46. The fourth-order valence-electron chi connectivity index (χ4n) is 4.13. The smallest absolute Gasteiger partial charge is 0.254 e. The highest BCUT2D eigenvalue weighted by molar-refractivity contribution is 6.74. The number of benzene rings is 2. The van der Waals surface area contributed by atoms with Crippen molar-refractivity contribution in [2.24, 2.45) is 5.73 Å². The standard InChI is InChI=1S/C31H35F2N3O6Si/c1-31(2,3)43(6,7)41-13-12-40-26-16-19-22(17-25(26)39-5)35-10-8-23(19)42-29-20(32)14-18(15-21(29)33)28-27(30(34)37)24(38-4)9-11-36-28/h8-11,14-17H,12-13H2,1-7H3,(H2,34,37). The van der Waals surface area contributed by atoms with Crippen molar-refractivity contribution < 1.29 is 36.9 Å². The molecule has 0 spiro atoms. The van der Waals surface area contributed by atoms with Crippen molar-refractivity contribution >= 4 is 25.1 Å². The molecule has 0 saturated carbocycles. The first-order valence-electron chi connectivity index (χ1n) is 13.5. The van der Waals surface area contributed by atoms with E-state index in [2.05, 4.69) is 43.8 Å². The first-order chi connectivity index (χ1) is 20.3. The Morgan fingerprint density at radius 1 is 0.884 bits per heavy atom. The summed E-state index contributed by atoms with van der Waals surface area (Å²) in [5, 5.41) is 0.500. The lowest BCUT2D eigenvalue weighted by molar-refractivity contribution is 0.0997. The molecule has 2 heterocycles. The van der Waals surface area contributed by atoms with Gasteiger partial charge in [-0.05, 0) is 48.5 Å². The number of hydrogen-bond donors (Lipinski definition) is 1. The van der Waals surface area contributed by atoms with Gasteiger partial charge < -0.3 is 29.1 Å². The average Bonchev–Trinajstić information content (AvgIpc) is 2.95. The van der Waals surface area contributed by atoms with Crippen molar-refractivity contribution in [1.82, 2.24) is 9.97 Å². The molecule has 0 aliphatic carbocycles. The lowest BCUT2D eigenvalue weighted by Crippen LogP contribution is -2.41. The second kappa shape index (κ2) is 12.5. The van der Waals surface area contributed by atoms with Crippen LogP contribution in [0.1, 0.15) is 31.1 Å². The molecule has 228 valence electrons. The van der Waals surface area contributed by atoms with Crippen molar-refractivity contribution in [1.29, 1.82) is 0 Å². The second-order valence-corrected chi connectivity index (χ2v) is 16.1. The number of halogens is 2. The SMILES string of the molecule is COc1cc2nccc(Oc3c(F)cc(-c4nccc(OC)c4C(N)=O)cc3F)c2cc1OCCO[Si](C)(C)C(C)(C)C. The normalized spacial score (nSPS) is 11.8. The molecular weight excluding hydrogens is 576 g/mol. The molecule has 0 radical (unpaired) electrons. The van der Waals surface area contributed by atoms with Gasteiger partial charge in [0.25, 0.3) is 5.91 Å². The number of nitrogens with two attached hydrogens (primary N) is 1. The Morgan fingerprint density at radius 2 is 1.51 bits per heavy atom.